The van der Waals surface area contributed by atoms with Gasteiger partial charge >= 0.3 is 0 Å². The average Bonchev–Trinajstić information content (AvgIpc) is 3.70. The monoisotopic (exact) mass is 588 g/mol. The fourth-order valence-corrected chi connectivity index (χ4v) is 7.95. The summed E-state index contributed by atoms with van der Waals surface area (Å²) in [5, 5.41) is 0. The molecule has 42 heavy (non-hydrogen) atoms. The third-order valence-corrected chi connectivity index (χ3v) is 10.4. The molecule has 0 atom stereocenters. The van der Waals surface area contributed by atoms with Crippen molar-refractivity contribution in [1.29, 1.82) is 0 Å². The van der Waals surface area contributed by atoms with Crippen molar-refractivity contribution in [1.82, 2.24) is 8.75 Å². The van der Waals surface area contributed by atoms with Crippen molar-refractivity contribution < 1.29 is 4.39 Å². The van der Waals surface area contributed by atoms with Gasteiger partial charge in [-0.3, -0.25) is 0 Å². The van der Waals surface area contributed by atoms with Gasteiger partial charge in [-0.25, -0.2) is 4.39 Å². The first-order chi connectivity index (χ1) is 20.2. The molecule has 0 radical (unpaired) electrons. The summed E-state index contributed by atoms with van der Waals surface area (Å²) >= 11 is 2.85. The molecule has 7 rings (SSSR count). The lowest BCUT2D eigenvalue weighted by Crippen LogP contribution is -2.15. The summed E-state index contributed by atoms with van der Waals surface area (Å²) in [5.41, 5.74) is 13.4. The van der Waals surface area contributed by atoms with Crippen LogP contribution in [0.5, 0.6) is 0 Å². The smallest absolute Gasteiger partial charge is 0.132 e. The van der Waals surface area contributed by atoms with Gasteiger partial charge < -0.3 is 0 Å². The van der Waals surface area contributed by atoms with Crippen LogP contribution in [0.4, 0.5) is 4.39 Å². The Balaban J connectivity index is 1.24. The molecule has 0 bridgehead atoms. The van der Waals surface area contributed by atoms with E-state index < -0.39 is 0 Å². The predicted octanol–water partition coefficient (Wildman–Crippen LogP) is 11.1. The van der Waals surface area contributed by atoms with Crippen molar-refractivity contribution in [3.8, 4) is 43.1 Å². The molecular formula is C37H33FN2S2. The fraction of sp³-hybridized carbons (Fsp3) is 0.243. The van der Waals surface area contributed by atoms with E-state index in [0.29, 0.717) is 11.5 Å². The summed E-state index contributed by atoms with van der Waals surface area (Å²) in [7, 11) is 0. The average molecular weight is 589 g/mol. The molecule has 0 amide bonds. The first-order valence-corrected chi connectivity index (χ1v) is 16.2. The third-order valence-electron chi connectivity index (χ3n) is 8.74. The summed E-state index contributed by atoms with van der Waals surface area (Å²) in [6.07, 6.45) is 1.96. The van der Waals surface area contributed by atoms with Crippen molar-refractivity contribution in [2.45, 2.75) is 52.9 Å². The van der Waals surface area contributed by atoms with Crippen LogP contribution in [-0.2, 0) is 11.8 Å². The molecule has 210 valence electrons. The number of nitrogens with zero attached hydrogens (tertiary/aromatic N) is 2. The number of benzene rings is 4. The highest BCUT2D eigenvalue weighted by Crippen LogP contribution is 2.50. The molecule has 4 aromatic carbocycles. The van der Waals surface area contributed by atoms with Gasteiger partial charge in [-0.1, -0.05) is 87.9 Å². The van der Waals surface area contributed by atoms with Gasteiger partial charge in [0.25, 0.3) is 0 Å². The van der Waals surface area contributed by atoms with Gasteiger partial charge in [0.15, 0.2) is 0 Å². The molecule has 1 aliphatic rings. The maximum Gasteiger partial charge on any atom is 0.132 e. The van der Waals surface area contributed by atoms with E-state index in [1.165, 1.54) is 39.5 Å². The minimum Gasteiger partial charge on any atom is -0.206 e. The number of hydrogen-bond donors (Lipinski definition) is 0. The Labute approximate surface area is 255 Å². The van der Waals surface area contributed by atoms with Crippen LogP contribution >= 0.6 is 23.1 Å². The minimum absolute atomic E-state index is 0.0681. The van der Waals surface area contributed by atoms with Crippen molar-refractivity contribution in [2.75, 3.05) is 0 Å². The number of halogens is 1. The van der Waals surface area contributed by atoms with Gasteiger partial charge in [-0.15, -0.1) is 11.3 Å². The van der Waals surface area contributed by atoms with Crippen molar-refractivity contribution >= 4 is 34.1 Å². The fourth-order valence-electron chi connectivity index (χ4n) is 6.31. The third kappa shape index (κ3) is 4.50. The van der Waals surface area contributed by atoms with Crippen LogP contribution in [-0.4, -0.2) is 8.75 Å². The highest BCUT2D eigenvalue weighted by Gasteiger charge is 2.35. The largest absolute Gasteiger partial charge is 0.206 e. The first-order valence-electron chi connectivity index (χ1n) is 14.6. The zero-order chi connectivity index (χ0) is 29.2. The van der Waals surface area contributed by atoms with Crippen molar-refractivity contribution in [3.63, 3.8) is 0 Å². The van der Waals surface area contributed by atoms with E-state index in [2.05, 4.69) is 95.3 Å². The van der Waals surface area contributed by atoms with Crippen molar-refractivity contribution in [2.24, 2.45) is 5.92 Å². The maximum absolute atomic E-state index is 15.2. The van der Waals surface area contributed by atoms with E-state index in [9.17, 15) is 0 Å². The van der Waals surface area contributed by atoms with Crippen LogP contribution < -0.4 is 0 Å². The van der Waals surface area contributed by atoms with Crippen molar-refractivity contribution in [3.05, 3.63) is 107 Å². The Hall–Kier alpha value is -3.67. The maximum atomic E-state index is 15.2. The number of aryl methyl sites for hydroxylation is 2. The van der Waals surface area contributed by atoms with E-state index >= 15 is 4.39 Å². The van der Waals surface area contributed by atoms with E-state index in [4.69, 9.17) is 8.75 Å². The molecule has 0 saturated carbocycles. The molecule has 0 saturated heterocycles. The zero-order valence-corrected chi connectivity index (χ0v) is 26.2. The lowest BCUT2D eigenvalue weighted by atomic mass is 9.81. The zero-order valence-electron chi connectivity index (χ0n) is 24.6. The lowest BCUT2D eigenvalue weighted by Gasteiger charge is -2.22. The van der Waals surface area contributed by atoms with Crippen LogP contribution in [0.2, 0.25) is 0 Å². The second kappa shape index (κ2) is 10.3. The number of aromatic nitrogens is 2. The quantitative estimate of drug-likeness (QED) is 0.193. The Morgan fingerprint density at radius 2 is 1.33 bits per heavy atom. The second-order valence-electron chi connectivity index (χ2n) is 12.5. The van der Waals surface area contributed by atoms with E-state index in [-0.39, 0.29) is 11.2 Å². The van der Waals surface area contributed by atoms with Gasteiger partial charge in [0, 0.05) is 31.9 Å². The molecule has 1 aliphatic carbocycles. The molecule has 0 unspecified atom stereocenters. The summed E-state index contributed by atoms with van der Waals surface area (Å²) in [5.74, 6) is 0.448. The Kier molecular flexibility index (Phi) is 6.63. The van der Waals surface area contributed by atoms with E-state index in [1.54, 1.807) is 17.4 Å². The van der Waals surface area contributed by atoms with Crippen LogP contribution in [0, 0.1) is 18.7 Å². The molecule has 6 aromatic rings. The SMILES string of the molecule is Cc1ccc2c(c1)C(C)(C)c1cc(-c3ccc(-c4ccc(-c5ccc(CCC(C)C)cc5F)s4)c4nsnc34)ccc1-2. The highest BCUT2D eigenvalue weighted by atomic mass is 32.1. The lowest BCUT2D eigenvalue weighted by molar-refractivity contribution is 0.582. The van der Waals surface area contributed by atoms with Crippen LogP contribution in [0.1, 0.15) is 56.4 Å². The molecule has 0 aliphatic heterocycles. The second-order valence-corrected chi connectivity index (χ2v) is 14.1. The number of thiophene rings is 1. The Morgan fingerprint density at radius 3 is 2.07 bits per heavy atom. The molecule has 5 heteroatoms. The summed E-state index contributed by atoms with van der Waals surface area (Å²) in [6.45, 7) is 11.2. The summed E-state index contributed by atoms with van der Waals surface area (Å²) in [4.78, 5) is 1.99. The predicted molar refractivity (Wildman–Crippen MR) is 177 cm³/mol. The van der Waals surface area contributed by atoms with Gasteiger partial charge in [-0.05, 0) is 83.3 Å². The standard InChI is InChI=1S/C37H33FN2S2/c1-21(2)6-8-23-9-12-28(32(38)19-23)33-16-17-34(41-33)29-15-14-25(35-36(29)40-42-39-35)24-10-13-27-26-11-7-22(3)18-30(26)37(4,5)31(27)20-24/h7,9-21H,6,8H2,1-5H3. The minimum atomic E-state index is -0.155. The van der Waals surface area contributed by atoms with Gasteiger partial charge in [0.1, 0.15) is 16.9 Å². The molecular weight excluding hydrogens is 556 g/mol. The summed E-state index contributed by atoms with van der Waals surface area (Å²) in [6, 6.07) is 27.7. The molecule has 2 nitrogen and oxygen atoms in total. The molecule has 0 spiro atoms. The number of hydrogen-bond acceptors (Lipinski definition) is 4. The molecule has 2 aromatic heterocycles. The summed E-state index contributed by atoms with van der Waals surface area (Å²) < 4.78 is 24.6. The molecule has 0 N–H and O–H groups in total. The number of rotatable bonds is 6. The Morgan fingerprint density at radius 1 is 0.714 bits per heavy atom. The normalized spacial score (nSPS) is 13.6. The number of fused-ring (bicyclic) bond motifs is 4. The van der Waals surface area contributed by atoms with Gasteiger partial charge in [-0.2, -0.15) is 8.75 Å². The topological polar surface area (TPSA) is 25.8 Å². The Bertz CT molecular complexity index is 1980. The van der Waals surface area contributed by atoms with Crippen LogP contribution in [0.3, 0.4) is 0 Å². The van der Waals surface area contributed by atoms with E-state index in [1.807, 2.05) is 12.1 Å². The molecule has 0 fully saturated rings. The van der Waals surface area contributed by atoms with E-state index in [0.717, 1.165) is 55.9 Å². The highest BCUT2D eigenvalue weighted by molar-refractivity contribution is 7.19. The first kappa shape index (κ1) is 27.2. The van der Waals surface area contributed by atoms with Gasteiger partial charge in [0.05, 0.1) is 11.7 Å². The molecule has 2 heterocycles. The van der Waals surface area contributed by atoms with Crippen LogP contribution in [0.15, 0.2) is 78.9 Å². The van der Waals surface area contributed by atoms with Gasteiger partial charge in [0.2, 0.25) is 0 Å². The van der Waals surface area contributed by atoms with Crippen LogP contribution in [0.25, 0.3) is 54.2 Å².